The number of para-hydroxylation sites is 6. The molecule has 0 bridgehead atoms. The Hall–Kier alpha value is -12.4. The van der Waals surface area contributed by atoms with Crippen molar-refractivity contribution in [3.8, 4) is 34.2 Å². The summed E-state index contributed by atoms with van der Waals surface area (Å²) in [6.07, 6.45) is -2.66. The summed E-state index contributed by atoms with van der Waals surface area (Å²) in [5, 5.41) is 10.2. The topological polar surface area (TPSA) is 81.7 Å². The van der Waals surface area contributed by atoms with Crippen LogP contribution in [0.25, 0.3) is 132 Å². The first-order valence-corrected chi connectivity index (χ1v) is 35.4. The number of H-pyrrole nitrogens is 2. The minimum atomic E-state index is -4.34. The molecule has 0 aliphatic rings. The molecule has 0 aliphatic carbocycles. The van der Waals surface area contributed by atoms with Crippen LogP contribution in [0.15, 0.2) is 267 Å². The minimum Gasteiger partial charge on any atom is -0.243 e. The maximum Gasteiger partial charge on any atom is 0.416 e. The van der Waals surface area contributed by atoms with E-state index in [2.05, 4.69) is 252 Å². The maximum absolute atomic E-state index is 12.9. The normalized spacial score (nSPS) is 11.6. The predicted molar refractivity (Wildman–Crippen MR) is 418 cm³/mol. The average molecular weight is 1430 g/mol. The first-order chi connectivity index (χ1) is 51.4. The number of hydrogen-bond donors (Lipinski definition) is 2. The number of aromatic amines is 2. The van der Waals surface area contributed by atoms with Crippen LogP contribution in [0, 0.1) is 41.5 Å². The van der Waals surface area contributed by atoms with Crippen LogP contribution in [0.4, 0.5) is 26.3 Å². The van der Waals surface area contributed by atoms with E-state index in [0.717, 1.165) is 74.4 Å². The molecular weight excluding hydrogens is 1350 g/mol. The highest BCUT2D eigenvalue weighted by Gasteiger charge is 2.34. The Balaban J connectivity index is 0.000000112. The Bertz CT molecular complexity index is 6350. The number of alkyl halides is 6. The molecule has 0 unspecified atom stereocenters. The third-order valence-corrected chi connectivity index (χ3v) is 20.3. The molecule has 0 fully saturated rings. The summed E-state index contributed by atoms with van der Waals surface area (Å²) in [4.78, 5) is 15.9. The van der Waals surface area contributed by atoms with Crippen molar-refractivity contribution in [2.75, 3.05) is 0 Å². The van der Waals surface area contributed by atoms with Crippen LogP contribution in [0.2, 0.25) is 0 Å². The summed E-state index contributed by atoms with van der Waals surface area (Å²) in [5.41, 5.74) is 19.9. The first-order valence-electron chi connectivity index (χ1n) is 35.4. The van der Waals surface area contributed by atoms with Gasteiger partial charge in [-0.25, -0.2) is 38.2 Å². The molecule has 5 heterocycles. The highest BCUT2D eigenvalue weighted by molar-refractivity contribution is 6.24. The zero-order chi connectivity index (χ0) is 75.2. The fourth-order valence-corrected chi connectivity index (χ4v) is 15.0. The molecule has 532 valence electrons. The number of nitrogens with zero attached hydrogens (tertiary/aromatic N) is 8. The number of nitrogens with one attached hydrogen (secondary N) is 2. The van der Waals surface area contributed by atoms with E-state index in [1.165, 1.54) is 123 Å². The molecule has 0 amide bonds. The Morgan fingerprint density at radius 3 is 1.43 bits per heavy atom. The second-order valence-corrected chi connectivity index (χ2v) is 27.4. The maximum atomic E-state index is 12.9. The number of aromatic nitrogens is 10. The molecular formula is C91H81F6N10+5. The zero-order valence-electron chi connectivity index (χ0n) is 61.5. The summed E-state index contributed by atoms with van der Waals surface area (Å²) >= 11 is 0. The van der Waals surface area contributed by atoms with Crippen molar-refractivity contribution in [1.82, 2.24) is 24.5 Å². The molecule has 18 rings (SSSR count). The Kier molecular flexibility index (Phi) is 19.6. The number of fused-ring (bicyclic) bond motifs is 15. The molecule has 2 N–H and O–H groups in total. The van der Waals surface area contributed by atoms with Gasteiger partial charge in [0.15, 0.2) is 45.5 Å². The number of halogens is 6. The summed E-state index contributed by atoms with van der Waals surface area (Å²) in [5.74, 6) is 2.71. The van der Waals surface area contributed by atoms with Gasteiger partial charge in [0.05, 0.1) is 65.9 Å². The van der Waals surface area contributed by atoms with Crippen LogP contribution in [0.3, 0.4) is 0 Å². The third-order valence-electron chi connectivity index (χ3n) is 20.3. The smallest absolute Gasteiger partial charge is 0.243 e. The van der Waals surface area contributed by atoms with Gasteiger partial charge in [-0.05, 0) is 169 Å². The molecule has 0 aliphatic heterocycles. The molecule has 0 radical (unpaired) electrons. The number of benzene rings is 13. The largest absolute Gasteiger partial charge is 0.416 e. The quantitative estimate of drug-likeness (QED) is 0.102. The molecule has 10 nitrogen and oxygen atoms in total. The lowest BCUT2D eigenvalue weighted by molar-refractivity contribution is -0.644. The van der Waals surface area contributed by atoms with Crippen LogP contribution >= 0.6 is 0 Å². The Morgan fingerprint density at radius 1 is 0.383 bits per heavy atom. The average Bonchev–Trinajstić information content (AvgIpc) is 1.73. The molecule has 16 heteroatoms. The fourth-order valence-electron chi connectivity index (χ4n) is 15.0. The monoisotopic (exact) mass is 1430 g/mol. The van der Waals surface area contributed by atoms with Crippen LogP contribution in [-0.4, -0.2) is 24.5 Å². The van der Waals surface area contributed by atoms with Gasteiger partial charge < -0.3 is 0 Å². The van der Waals surface area contributed by atoms with E-state index < -0.39 is 23.5 Å². The van der Waals surface area contributed by atoms with E-state index in [-0.39, 0.29) is 0 Å². The van der Waals surface area contributed by atoms with Crippen LogP contribution < -0.4 is 22.8 Å². The van der Waals surface area contributed by atoms with Gasteiger partial charge in [0.1, 0.15) is 37.4 Å². The molecule has 18 aromatic rings. The number of rotatable bonds is 5. The van der Waals surface area contributed by atoms with Gasteiger partial charge in [-0.2, -0.15) is 35.5 Å². The van der Waals surface area contributed by atoms with Crippen LogP contribution in [0.1, 0.15) is 50.2 Å². The molecule has 13 aromatic carbocycles. The standard InChI is InChI=1S/C22H21N2.C19H17N2.C18H15N2.2C16H13F3N2/c1-17-10-6-7-13-19(17)22-23(2)20-14-8-9-15-21(20)24(22)16-18-11-4-3-5-12-18;1-12-7-6-10-15-14-8-4-5-9-16(14)18-19(17(12)15)21(3)11-13(2)20-18;1-12-6-5-9-14-13-7-3-4-8-15(13)17-18(16(12)14)20(2)11-10-19-17;1-10-9-11(16(17,18)19)7-8-12(10)15-20-13-5-3-4-6-14(13)21(15)2;1-10-7-8-11(16(17,18)19)9-12(10)15-20-13-5-3-4-6-14(13)21(15)2/h3-15H,16H2,1-2H3;4-11H,1-3H3;3-11H,1-2H3;2*3-9H,1-2H3/q3*+1;;/p+2. The molecule has 0 spiro atoms. The van der Waals surface area contributed by atoms with E-state index in [9.17, 15) is 26.3 Å². The number of hydrogen-bond acceptors (Lipinski definition) is 2. The Labute approximate surface area is 616 Å². The first kappa shape index (κ1) is 71.6. The van der Waals surface area contributed by atoms with Gasteiger partial charge in [-0.15, -0.1) is 0 Å². The van der Waals surface area contributed by atoms with Gasteiger partial charge >= 0.3 is 12.4 Å². The van der Waals surface area contributed by atoms with Crippen LogP contribution in [0.5, 0.6) is 0 Å². The molecule has 0 saturated heterocycles. The molecule has 0 saturated carbocycles. The van der Waals surface area contributed by atoms with Crippen molar-refractivity contribution in [1.29, 1.82) is 0 Å². The van der Waals surface area contributed by atoms with Crippen molar-refractivity contribution in [3.63, 3.8) is 0 Å². The van der Waals surface area contributed by atoms with E-state index in [1.807, 2.05) is 84.2 Å². The van der Waals surface area contributed by atoms with Crippen molar-refractivity contribution < 1.29 is 49.2 Å². The molecule has 0 atom stereocenters. The third kappa shape index (κ3) is 13.9. The van der Waals surface area contributed by atoms with Gasteiger partial charge in [0.25, 0.3) is 17.5 Å². The lowest BCUT2D eigenvalue weighted by Crippen LogP contribution is -2.30. The van der Waals surface area contributed by atoms with Crippen molar-refractivity contribution in [2.24, 2.45) is 35.2 Å². The van der Waals surface area contributed by atoms with E-state index in [1.54, 1.807) is 13.8 Å². The van der Waals surface area contributed by atoms with Gasteiger partial charge in [0.2, 0.25) is 11.0 Å². The van der Waals surface area contributed by atoms with Gasteiger partial charge in [0, 0.05) is 10.8 Å². The second kappa shape index (κ2) is 29.2. The van der Waals surface area contributed by atoms with Gasteiger partial charge in [-0.3, -0.25) is 0 Å². The number of imidazole rings is 3. The summed E-state index contributed by atoms with van der Waals surface area (Å²) in [6, 6.07) is 81.0. The summed E-state index contributed by atoms with van der Waals surface area (Å²) < 4.78 is 89.8. The molecule has 5 aromatic heterocycles. The summed E-state index contributed by atoms with van der Waals surface area (Å²) in [7, 11) is 10.1. The lowest BCUT2D eigenvalue weighted by Gasteiger charge is -2.10. The second-order valence-electron chi connectivity index (χ2n) is 27.4. The lowest BCUT2D eigenvalue weighted by atomic mass is 9.96. The van der Waals surface area contributed by atoms with Gasteiger partial charge in [-0.1, -0.05) is 176 Å². The predicted octanol–water partition coefficient (Wildman–Crippen LogP) is 20.1. The van der Waals surface area contributed by atoms with Crippen molar-refractivity contribution in [3.05, 3.63) is 318 Å². The van der Waals surface area contributed by atoms with Crippen LogP contribution in [-0.2, 0) is 54.1 Å². The van der Waals surface area contributed by atoms with E-state index in [4.69, 9.17) is 4.98 Å². The SMILES string of the molecule is Cc1c[n+](C)c2c(n1)c1ccccc1c1cccc(C)c12.Cc1cc(C(F)(F)F)ccc1-c1[nH]c2ccccc2[n+]1C.Cc1ccc(C(F)(F)F)cc1-c1[nH]c2ccccc2[n+]1C.Cc1cccc2c3ccccc3c3ncc[n+](C)c3c12.Cc1ccccc1-c1n(Cc2ccccc2)c2ccccc2[n+]1C. The minimum absolute atomic E-state index is 0.559. The number of aryl methyl sites for hydroxylation is 11. The fraction of sp³-hybridized carbons (Fsp3) is 0.154. The zero-order valence-corrected chi connectivity index (χ0v) is 61.5. The van der Waals surface area contributed by atoms with E-state index in [0.29, 0.717) is 17.0 Å². The van der Waals surface area contributed by atoms with Crippen molar-refractivity contribution >= 4 is 98.3 Å². The van der Waals surface area contributed by atoms with Crippen molar-refractivity contribution in [2.45, 2.75) is 60.4 Å². The highest BCUT2D eigenvalue weighted by atomic mass is 19.4. The molecule has 107 heavy (non-hydrogen) atoms. The highest BCUT2D eigenvalue weighted by Crippen LogP contribution is 2.38. The summed E-state index contributed by atoms with van der Waals surface area (Å²) in [6.45, 7) is 12.9. The Morgan fingerprint density at radius 2 is 0.850 bits per heavy atom. The van der Waals surface area contributed by atoms with E-state index >= 15 is 0 Å².